The first-order valence-corrected chi connectivity index (χ1v) is 42.5. The first-order valence-electron chi connectivity index (χ1n) is 41.6. The zero-order chi connectivity index (χ0) is 80.8. The molecule has 0 spiro atoms. The van der Waals surface area contributed by atoms with Crippen molar-refractivity contribution in [2.75, 3.05) is 0 Å². The number of thiophene rings is 1. The second-order valence-corrected chi connectivity index (χ2v) is 32.8. The number of rotatable bonds is 13. The van der Waals surface area contributed by atoms with Crippen LogP contribution in [-0.4, -0.2) is 18.3 Å². The van der Waals surface area contributed by atoms with Crippen molar-refractivity contribution in [1.29, 1.82) is 5.26 Å². The molecule has 0 unspecified atom stereocenters. The third-order valence-electron chi connectivity index (χ3n) is 25.0. The van der Waals surface area contributed by atoms with Crippen molar-refractivity contribution in [1.82, 2.24) is 18.3 Å². The minimum atomic E-state index is -0.497. The highest BCUT2D eigenvalue weighted by atomic mass is 32.1. The van der Waals surface area contributed by atoms with Crippen LogP contribution in [0.2, 0.25) is 0 Å². The van der Waals surface area contributed by atoms with Gasteiger partial charge >= 0.3 is 0 Å². The fraction of sp³-hybridized carbons (Fsp3) is 0.00862. The zero-order valence-corrected chi connectivity index (χ0v) is 67.3. The van der Waals surface area contributed by atoms with Gasteiger partial charge in [0.1, 0.15) is 0 Å². The highest BCUT2D eigenvalue weighted by Crippen LogP contribution is 2.49. The van der Waals surface area contributed by atoms with E-state index in [0.717, 1.165) is 33.7 Å². The van der Waals surface area contributed by atoms with Gasteiger partial charge in [-0.15, -0.1) is 11.3 Å². The van der Waals surface area contributed by atoms with Crippen molar-refractivity contribution in [3.05, 3.63) is 483 Å². The van der Waals surface area contributed by atoms with Crippen LogP contribution in [0.4, 0.5) is 0 Å². The SMILES string of the molecule is N#Cc1cccc(-n2c3ccccc3c3cc(-c4cccc(-c5ccc6c(c5)c5ccc(-c7cccc8c7sc7ccccc78)cc5n6-c5ccccc5)c4)ccc32)c1.c1ccc(-n2c3ccccc3c3cc(-c4ccc(-c5ccc6c(c5)c5ccccc5n6-c5ccc(C(c6ccccc6)(c6ccccc6)c6ccccc6)cc5)cc4)ccc32)cc1. The molecule has 24 aromatic rings. The maximum absolute atomic E-state index is 9.64. The van der Waals surface area contributed by atoms with Gasteiger partial charge in [0.05, 0.1) is 61.2 Å². The third-order valence-corrected chi connectivity index (χ3v) is 26.2. The Morgan fingerprint density at radius 2 is 0.525 bits per heavy atom. The van der Waals surface area contributed by atoms with E-state index in [2.05, 4.69) is 461 Å². The smallest absolute Gasteiger partial charge is 0.0992 e. The van der Waals surface area contributed by atoms with Gasteiger partial charge in [0.15, 0.2) is 0 Å². The Kier molecular flexibility index (Phi) is 17.3. The molecule has 0 bridgehead atoms. The van der Waals surface area contributed by atoms with Crippen molar-refractivity contribution in [2.24, 2.45) is 0 Å². The third kappa shape index (κ3) is 11.9. The summed E-state index contributed by atoms with van der Waals surface area (Å²) in [6, 6.07) is 168. The molecule has 0 saturated heterocycles. The molecule has 5 aromatic heterocycles. The molecule has 570 valence electrons. The number of fused-ring (bicyclic) bond motifs is 15. The fourth-order valence-electron chi connectivity index (χ4n) is 19.4. The van der Waals surface area contributed by atoms with E-state index in [-0.39, 0.29) is 0 Å². The maximum Gasteiger partial charge on any atom is 0.0992 e. The molecule has 0 aliphatic rings. The van der Waals surface area contributed by atoms with Gasteiger partial charge in [0.25, 0.3) is 0 Å². The first-order chi connectivity index (χ1) is 60.4. The maximum atomic E-state index is 9.64. The van der Waals surface area contributed by atoms with Crippen LogP contribution in [0.25, 0.3) is 186 Å². The van der Waals surface area contributed by atoms with E-state index in [1.54, 1.807) is 0 Å². The highest BCUT2D eigenvalue weighted by molar-refractivity contribution is 7.26. The lowest BCUT2D eigenvalue weighted by molar-refractivity contribution is 0.745. The number of hydrogen-bond donors (Lipinski definition) is 0. The number of nitrogens with zero attached hydrogens (tertiary/aromatic N) is 5. The molecule has 0 aliphatic heterocycles. The number of aromatic nitrogens is 4. The summed E-state index contributed by atoms with van der Waals surface area (Å²) in [7, 11) is 0. The Balaban J connectivity index is 0.000000142. The van der Waals surface area contributed by atoms with Gasteiger partial charge in [-0.3, -0.25) is 0 Å². The van der Waals surface area contributed by atoms with Crippen LogP contribution in [0.3, 0.4) is 0 Å². The van der Waals surface area contributed by atoms with Crippen molar-refractivity contribution in [3.8, 4) is 84.5 Å². The Hall–Kier alpha value is -15.9. The Bertz CT molecular complexity index is 8130. The van der Waals surface area contributed by atoms with Crippen LogP contribution in [0.5, 0.6) is 0 Å². The van der Waals surface area contributed by atoms with Crippen molar-refractivity contribution in [2.45, 2.75) is 5.41 Å². The molecular weight excluding hydrogens is 1500 g/mol. The summed E-state index contributed by atoms with van der Waals surface area (Å²) < 4.78 is 12.1. The molecule has 0 N–H and O–H groups in total. The van der Waals surface area contributed by atoms with Crippen LogP contribution in [0.15, 0.2) is 455 Å². The van der Waals surface area contributed by atoms with Crippen LogP contribution in [-0.2, 0) is 5.41 Å². The van der Waals surface area contributed by atoms with E-state index in [1.165, 1.54) is 174 Å². The van der Waals surface area contributed by atoms with Crippen LogP contribution >= 0.6 is 11.3 Å². The number of para-hydroxylation sites is 5. The highest BCUT2D eigenvalue weighted by Gasteiger charge is 2.38. The van der Waals surface area contributed by atoms with Gasteiger partial charge in [-0.05, 0) is 217 Å². The molecule has 0 aliphatic carbocycles. The van der Waals surface area contributed by atoms with Gasteiger partial charge in [-0.25, -0.2) is 0 Å². The predicted molar refractivity (Wildman–Crippen MR) is 513 cm³/mol. The quantitative estimate of drug-likeness (QED) is 0.106. The van der Waals surface area contributed by atoms with Gasteiger partial charge in [-0.1, -0.05) is 315 Å². The van der Waals surface area contributed by atoms with Crippen molar-refractivity contribution >= 4 is 119 Å². The molecule has 122 heavy (non-hydrogen) atoms. The number of nitriles is 1. The molecule has 6 heteroatoms. The average molecular weight is 1570 g/mol. The largest absolute Gasteiger partial charge is 0.309 e. The first kappa shape index (κ1) is 71.4. The molecule has 0 saturated carbocycles. The molecule has 0 fully saturated rings. The molecule has 0 radical (unpaired) electrons. The lowest BCUT2D eigenvalue weighted by Gasteiger charge is -2.37. The molecule has 24 rings (SSSR count). The summed E-state index contributed by atoms with van der Waals surface area (Å²) in [5.74, 6) is 0. The van der Waals surface area contributed by atoms with E-state index in [0.29, 0.717) is 5.56 Å². The minimum absolute atomic E-state index is 0.497. The summed E-state index contributed by atoms with van der Waals surface area (Å²) >= 11 is 1.88. The topological polar surface area (TPSA) is 43.5 Å². The van der Waals surface area contributed by atoms with E-state index in [9.17, 15) is 5.26 Å². The lowest BCUT2D eigenvalue weighted by atomic mass is 9.65. The minimum Gasteiger partial charge on any atom is -0.309 e. The van der Waals surface area contributed by atoms with Gasteiger partial charge < -0.3 is 18.3 Å². The summed E-state index contributed by atoms with van der Waals surface area (Å²) in [6.07, 6.45) is 0. The number of hydrogen-bond acceptors (Lipinski definition) is 2. The van der Waals surface area contributed by atoms with Gasteiger partial charge in [0, 0.05) is 86.0 Å². The van der Waals surface area contributed by atoms with E-state index >= 15 is 0 Å². The normalized spacial score (nSPS) is 11.8. The zero-order valence-electron chi connectivity index (χ0n) is 66.4. The second-order valence-electron chi connectivity index (χ2n) is 31.7. The molecule has 0 atom stereocenters. The van der Waals surface area contributed by atoms with Crippen molar-refractivity contribution < 1.29 is 0 Å². The van der Waals surface area contributed by atoms with Crippen LogP contribution < -0.4 is 0 Å². The lowest BCUT2D eigenvalue weighted by Crippen LogP contribution is -2.30. The van der Waals surface area contributed by atoms with E-state index in [4.69, 9.17) is 0 Å². The molecule has 19 aromatic carbocycles. The van der Waals surface area contributed by atoms with Crippen LogP contribution in [0, 0.1) is 11.3 Å². The Labute approximate surface area is 709 Å². The standard InChI is InChI=1S/C61H42N2.C55H33N3S/c1-5-17-47(18-6-1)61(48-19-7-2-8-20-48,49-21-9-3-10-22-49)50-35-37-52(38-36-50)63-58-28-16-14-26-54(58)56-42-46(34-40-60(56)63)44-31-29-43(30-32-44)45-33-39-59-55(41-45)53-25-13-15-27-57(53)62(59)51-23-11-4-12-24-51;56-34-35-11-8-16-42(29-35)58-50-21-6-4-17-44(50)48-31-38(25-28-52(48)58)36-12-9-13-37(30-36)39-24-27-51-49(32-39)45-26-23-40(33-53(45)57(51)41-14-2-1-3-15-41)43-19-10-20-47-46-18-5-7-22-54(46)59-55(43)47/h1-42H;1-33H. The Morgan fingerprint density at radius 1 is 0.197 bits per heavy atom. The molecule has 5 nitrogen and oxygen atoms in total. The van der Waals surface area contributed by atoms with E-state index < -0.39 is 5.41 Å². The monoisotopic (exact) mass is 1570 g/mol. The Morgan fingerprint density at radius 3 is 1.00 bits per heavy atom. The summed E-state index contributed by atoms with van der Waals surface area (Å²) in [6.45, 7) is 0. The van der Waals surface area contributed by atoms with Gasteiger partial charge in [0.2, 0.25) is 0 Å². The molecule has 5 heterocycles. The molecule has 0 amide bonds. The average Bonchev–Trinajstić information content (AvgIpc) is 1.04. The fourth-order valence-corrected chi connectivity index (χ4v) is 20.7. The summed E-state index contributed by atoms with van der Waals surface area (Å²) in [5, 5.41) is 22.1. The summed E-state index contributed by atoms with van der Waals surface area (Å²) in [5.41, 5.74) is 30.9. The van der Waals surface area contributed by atoms with Crippen molar-refractivity contribution in [3.63, 3.8) is 0 Å². The number of benzene rings is 19. The van der Waals surface area contributed by atoms with Crippen LogP contribution in [0.1, 0.15) is 27.8 Å². The summed E-state index contributed by atoms with van der Waals surface area (Å²) in [4.78, 5) is 0. The van der Waals surface area contributed by atoms with Gasteiger partial charge in [-0.2, -0.15) is 5.26 Å². The second kappa shape index (κ2) is 29.6. The predicted octanol–water partition coefficient (Wildman–Crippen LogP) is 30.7. The molecular formula is C116H75N5S. The van der Waals surface area contributed by atoms with E-state index in [1.807, 2.05) is 29.5 Å².